The lowest BCUT2D eigenvalue weighted by molar-refractivity contribution is -0.389. The van der Waals surface area contributed by atoms with E-state index in [2.05, 4.69) is 22.5 Å². The van der Waals surface area contributed by atoms with Crippen molar-refractivity contribution in [1.29, 1.82) is 0 Å². The molecule has 0 saturated carbocycles. The molecular formula is C12H17N5O2S. The van der Waals surface area contributed by atoms with Gasteiger partial charge in [0.25, 0.3) is 4.96 Å². The van der Waals surface area contributed by atoms with Crippen LogP contribution >= 0.6 is 11.3 Å². The largest absolute Gasteiger partial charge is 0.372 e. The SMILES string of the molecule is CC(Nc1nc2sccn2c1[N+](=O)[O-])C1CCCNC1. The van der Waals surface area contributed by atoms with Crippen LogP contribution in [0.25, 0.3) is 4.96 Å². The number of fused-ring (bicyclic) bond motifs is 1. The van der Waals surface area contributed by atoms with Crippen LogP contribution in [0.1, 0.15) is 19.8 Å². The van der Waals surface area contributed by atoms with Crippen molar-refractivity contribution in [3.05, 3.63) is 21.7 Å². The van der Waals surface area contributed by atoms with Gasteiger partial charge in [-0.3, -0.25) is 0 Å². The molecular weight excluding hydrogens is 278 g/mol. The van der Waals surface area contributed by atoms with Crippen LogP contribution in [0.4, 0.5) is 11.6 Å². The first kappa shape index (κ1) is 13.3. The van der Waals surface area contributed by atoms with Gasteiger partial charge in [0.1, 0.15) is 6.20 Å². The zero-order valence-electron chi connectivity index (χ0n) is 11.2. The molecule has 0 spiro atoms. The van der Waals surface area contributed by atoms with Crippen LogP contribution in [0, 0.1) is 16.0 Å². The second-order valence-corrected chi connectivity index (χ2v) is 6.01. The number of nitrogens with one attached hydrogen (secondary N) is 2. The van der Waals surface area contributed by atoms with Crippen LogP contribution in [-0.2, 0) is 0 Å². The van der Waals surface area contributed by atoms with Crippen LogP contribution in [0.3, 0.4) is 0 Å². The molecule has 2 aromatic rings. The van der Waals surface area contributed by atoms with Crippen molar-refractivity contribution in [2.45, 2.75) is 25.8 Å². The Kier molecular flexibility index (Phi) is 3.58. The van der Waals surface area contributed by atoms with E-state index in [0.29, 0.717) is 16.7 Å². The van der Waals surface area contributed by atoms with Crippen molar-refractivity contribution < 1.29 is 4.92 Å². The van der Waals surface area contributed by atoms with E-state index >= 15 is 0 Å². The summed E-state index contributed by atoms with van der Waals surface area (Å²) < 4.78 is 1.53. The first-order chi connectivity index (χ1) is 9.66. The second kappa shape index (κ2) is 5.37. The maximum Gasteiger partial charge on any atom is 0.372 e. The lowest BCUT2D eigenvalue weighted by atomic mass is 9.93. The summed E-state index contributed by atoms with van der Waals surface area (Å²) in [5, 5.41) is 19.6. The van der Waals surface area contributed by atoms with Crippen molar-refractivity contribution in [3.8, 4) is 0 Å². The minimum absolute atomic E-state index is 0.0249. The average Bonchev–Trinajstić information content (AvgIpc) is 2.99. The van der Waals surface area contributed by atoms with Gasteiger partial charge in [0.2, 0.25) is 5.82 Å². The van der Waals surface area contributed by atoms with E-state index in [1.165, 1.54) is 15.7 Å². The van der Waals surface area contributed by atoms with E-state index in [9.17, 15) is 10.1 Å². The van der Waals surface area contributed by atoms with Crippen molar-refractivity contribution >= 4 is 27.9 Å². The highest BCUT2D eigenvalue weighted by atomic mass is 32.1. The van der Waals surface area contributed by atoms with Gasteiger partial charge in [0.05, 0.1) is 0 Å². The number of imidazole rings is 1. The summed E-state index contributed by atoms with van der Waals surface area (Å²) >= 11 is 1.40. The second-order valence-electron chi connectivity index (χ2n) is 5.14. The molecule has 1 saturated heterocycles. The summed E-state index contributed by atoms with van der Waals surface area (Å²) in [6.45, 7) is 4.07. The highest BCUT2D eigenvalue weighted by Crippen LogP contribution is 2.29. The zero-order chi connectivity index (χ0) is 14.1. The third-order valence-electron chi connectivity index (χ3n) is 3.82. The minimum atomic E-state index is -0.374. The van der Waals surface area contributed by atoms with Crippen LogP contribution in [-0.4, -0.2) is 33.4 Å². The fourth-order valence-corrected chi connectivity index (χ4v) is 3.39. The molecule has 0 radical (unpaired) electrons. The molecule has 20 heavy (non-hydrogen) atoms. The summed E-state index contributed by atoms with van der Waals surface area (Å²) in [6, 6.07) is 0.158. The first-order valence-electron chi connectivity index (χ1n) is 6.74. The quantitative estimate of drug-likeness (QED) is 0.666. The van der Waals surface area contributed by atoms with Gasteiger partial charge >= 0.3 is 5.82 Å². The van der Waals surface area contributed by atoms with Gasteiger partial charge in [-0.05, 0) is 43.7 Å². The molecule has 0 aromatic carbocycles. The molecule has 2 atom stereocenters. The molecule has 0 bridgehead atoms. The number of hydrogen-bond donors (Lipinski definition) is 2. The summed E-state index contributed by atoms with van der Waals surface area (Å²) in [6.07, 6.45) is 3.97. The van der Waals surface area contributed by atoms with Crippen molar-refractivity contribution in [2.24, 2.45) is 5.92 Å². The Hall–Kier alpha value is -1.67. The molecule has 2 N–H and O–H groups in total. The van der Waals surface area contributed by atoms with Gasteiger partial charge < -0.3 is 20.7 Å². The highest BCUT2D eigenvalue weighted by molar-refractivity contribution is 7.15. The Labute approximate surface area is 120 Å². The fraction of sp³-hybridized carbons (Fsp3) is 0.583. The van der Waals surface area contributed by atoms with E-state index in [-0.39, 0.29) is 16.8 Å². The number of piperidine rings is 1. The number of anilines is 1. The topological polar surface area (TPSA) is 84.5 Å². The molecule has 3 heterocycles. The summed E-state index contributed by atoms with van der Waals surface area (Å²) in [5.41, 5.74) is 0. The molecule has 3 rings (SSSR count). The van der Waals surface area contributed by atoms with Crippen LogP contribution in [0.5, 0.6) is 0 Å². The standard InChI is InChI=1S/C12H17N5O2S/c1-8(9-3-2-4-13-7-9)14-10-11(17(18)19)16-5-6-20-12(16)15-10/h5-6,8-9,13-14H,2-4,7H2,1H3. The number of aromatic nitrogens is 2. The van der Waals surface area contributed by atoms with E-state index in [1.54, 1.807) is 11.6 Å². The maximum absolute atomic E-state index is 11.2. The fourth-order valence-electron chi connectivity index (χ4n) is 2.68. The number of thiazole rings is 1. The third-order valence-corrected chi connectivity index (χ3v) is 4.57. The van der Waals surface area contributed by atoms with E-state index < -0.39 is 0 Å². The number of hydrogen-bond acceptors (Lipinski definition) is 6. The smallest absolute Gasteiger partial charge is 0.360 e. The number of nitro groups is 1. The number of rotatable bonds is 4. The van der Waals surface area contributed by atoms with Crippen LogP contribution < -0.4 is 10.6 Å². The van der Waals surface area contributed by atoms with Gasteiger partial charge in [-0.25, -0.2) is 0 Å². The maximum atomic E-state index is 11.2. The van der Waals surface area contributed by atoms with Gasteiger partial charge in [0.15, 0.2) is 0 Å². The zero-order valence-corrected chi connectivity index (χ0v) is 12.0. The summed E-state index contributed by atoms with van der Waals surface area (Å²) in [4.78, 5) is 15.9. The van der Waals surface area contributed by atoms with E-state index in [4.69, 9.17) is 0 Å². The molecule has 2 unspecified atom stereocenters. The molecule has 1 fully saturated rings. The predicted octanol–water partition coefficient (Wildman–Crippen LogP) is 2.10. The van der Waals surface area contributed by atoms with Gasteiger partial charge in [-0.2, -0.15) is 9.38 Å². The summed E-state index contributed by atoms with van der Waals surface area (Å²) in [7, 11) is 0. The van der Waals surface area contributed by atoms with E-state index in [0.717, 1.165) is 25.9 Å². The molecule has 2 aromatic heterocycles. The van der Waals surface area contributed by atoms with Gasteiger partial charge in [-0.15, -0.1) is 0 Å². The lowest BCUT2D eigenvalue weighted by Crippen LogP contribution is -2.38. The van der Waals surface area contributed by atoms with Crippen molar-refractivity contribution in [2.75, 3.05) is 18.4 Å². The first-order valence-corrected chi connectivity index (χ1v) is 7.62. The Bertz CT molecular complexity index is 616. The number of nitrogens with zero attached hydrogens (tertiary/aromatic N) is 3. The van der Waals surface area contributed by atoms with Crippen molar-refractivity contribution in [1.82, 2.24) is 14.7 Å². The minimum Gasteiger partial charge on any atom is -0.360 e. The van der Waals surface area contributed by atoms with Crippen LogP contribution in [0.15, 0.2) is 11.6 Å². The molecule has 0 aliphatic carbocycles. The van der Waals surface area contributed by atoms with E-state index in [1.807, 2.05) is 0 Å². The molecule has 8 heteroatoms. The molecule has 108 valence electrons. The molecule has 1 aliphatic rings. The Morgan fingerprint density at radius 1 is 1.70 bits per heavy atom. The average molecular weight is 295 g/mol. The van der Waals surface area contributed by atoms with Gasteiger partial charge in [-0.1, -0.05) is 11.3 Å². The van der Waals surface area contributed by atoms with Gasteiger partial charge in [0, 0.05) is 11.4 Å². The Balaban J connectivity index is 1.84. The Morgan fingerprint density at radius 3 is 3.25 bits per heavy atom. The highest BCUT2D eigenvalue weighted by Gasteiger charge is 2.27. The summed E-state index contributed by atoms with van der Waals surface area (Å²) in [5.74, 6) is 0.875. The molecule has 1 aliphatic heterocycles. The Morgan fingerprint density at radius 2 is 2.55 bits per heavy atom. The monoisotopic (exact) mass is 295 g/mol. The van der Waals surface area contributed by atoms with Crippen LogP contribution in [0.2, 0.25) is 0 Å². The normalized spacial score (nSPS) is 20.9. The molecule has 0 amide bonds. The third kappa shape index (κ3) is 2.36. The lowest BCUT2D eigenvalue weighted by Gasteiger charge is -2.28. The van der Waals surface area contributed by atoms with Crippen molar-refractivity contribution in [3.63, 3.8) is 0 Å². The predicted molar refractivity (Wildman–Crippen MR) is 78.4 cm³/mol. The molecule has 7 nitrogen and oxygen atoms in total.